The summed E-state index contributed by atoms with van der Waals surface area (Å²) in [5.74, 6) is 1.06. The van der Waals surface area contributed by atoms with E-state index in [0.29, 0.717) is 41.2 Å². The zero-order chi connectivity index (χ0) is 21.3. The number of methoxy groups -OCH3 is 1. The highest BCUT2D eigenvalue weighted by Crippen LogP contribution is 2.40. The Morgan fingerprint density at radius 1 is 1.07 bits per heavy atom. The van der Waals surface area contributed by atoms with Crippen molar-refractivity contribution < 1.29 is 18.7 Å². The Morgan fingerprint density at radius 3 is 2.60 bits per heavy atom. The van der Waals surface area contributed by atoms with Gasteiger partial charge in [0.05, 0.1) is 30.7 Å². The summed E-state index contributed by atoms with van der Waals surface area (Å²) in [6.45, 7) is 5.04. The number of carbonyl (C=O) groups excluding carboxylic acids is 1. The van der Waals surface area contributed by atoms with Crippen LogP contribution in [0.1, 0.15) is 54.4 Å². The van der Waals surface area contributed by atoms with Gasteiger partial charge in [-0.25, -0.2) is 0 Å². The first-order valence-corrected chi connectivity index (χ1v) is 10.3. The van der Waals surface area contributed by atoms with Gasteiger partial charge in [-0.15, -0.1) is 0 Å². The minimum Gasteiger partial charge on any atom is -0.493 e. The first kappa shape index (κ1) is 20.0. The van der Waals surface area contributed by atoms with Crippen molar-refractivity contribution in [2.45, 2.75) is 32.7 Å². The number of carbonyl (C=O) groups is 1. The number of fused-ring (bicyclic) bond motifs is 2. The van der Waals surface area contributed by atoms with E-state index in [1.54, 1.807) is 36.3 Å². The summed E-state index contributed by atoms with van der Waals surface area (Å²) >= 11 is 0. The predicted octanol–water partition coefficient (Wildman–Crippen LogP) is 4.55. The molecule has 0 unspecified atom stereocenters. The van der Waals surface area contributed by atoms with Gasteiger partial charge in [-0.3, -0.25) is 9.59 Å². The van der Waals surface area contributed by atoms with Crippen LogP contribution in [-0.2, 0) is 0 Å². The fraction of sp³-hybridized carbons (Fsp3) is 0.333. The fourth-order valence-electron chi connectivity index (χ4n) is 3.94. The molecule has 1 aliphatic rings. The lowest BCUT2D eigenvalue weighted by Crippen LogP contribution is -2.29. The average molecular weight is 407 g/mol. The second-order valence-corrected chi connectivity index (χ2v) is 7.28. The summed E-state index contributed by atoms with van der Waals surface area (Å²) < 4.78 is 17.2. The van der Waals surface area contributed by atoms with Gasteiger partial charge in [0.2, 0.25) is 5.76 Å². The van der Waals surface area contributed by atoms with Crippen LogP contribution in [0.2, 0.25) is 0 Å². The maximum Gasteiger partial charge on any atom is 0.290 e. The fourth-order valence-corrected chi connectivity index (χ4v) is 3.94. The van der Waals surface area contributed by atoms with Gasteiger partial charge in [0.25, 0.3) is 5.91 Å². The van der Waals surface area contributed by atoms with Gasteiger partial charge in [0.1, 0.15) is 5.58 Å². The first-order valence-electron chi connectivity index (χ1n) is 10.3. The predicted molar refractivity (Wildman–Crippen MR) is 114 cm³/mol. The van der Waals surface area contributed by atoms with Crippen LogP contribution in [0.15, 0.2) is 51.7 Å². The third-order valence-electron chi connectivity index (χ3n) is 5.47. The van der Waals surface area contributed by atoms with Gasteiger partial charge in [0, 0.05) is 6.54 Å². The smallest absolute Gasteiger partial charge is 0.290 e. The third-order valence-corrected chi connectivity index (χ3v) is 5.47. The molecule has 1 aromatic heterocycles. The van der Waals surface area contributed by atoms with Crippen LogP contribution >= 0.6 is 0 Å². The van der Waals surface area contributed by atoms with Gasteiger partial charge in [-0.2, -0.15) is 0 Å². The molecule has 1 amide bonds. The monoisotopic (exact) mass is 407 g/mol. The molecule has 2 heterocycles. The molecule has 0 saturated heterocycles. The Hall–Kier alpha value is -3.28. The molecular weight excluding hydrogens is 382 g/mol. The summed E-state index contributed by atoms with van der Waals surface area (Å²) in [7, 11) is 1.58. The van der Waals surface area contributed by atoms with Gasteiger partial charge >= 0.3 is 0 Å². The Kier molecular flexibility index (Phi) is 5.48. The molecule has 4 rings (SSSR count). The molecular formula is C24H25NO5. The summed E-state index contributed by atoms with van der Waals surface area (Å²) in [5.41, 5.74) is 1.40. The number of unbranched alkanes of at least 4 members (excludes halogenated alkanes) is 1. The maximum atomic E-state index is 13.3. The standard InChI is InChI=1S/C24H25NO5/c1-4-6-13-29-18-12-11-15(14-19(18)28-3)21-20-22(26)16-9-7-8-10-17(16)30-23(20)24(27)25(21)5-2/h7-12,14,21H,4-6,13H2,1-3H3/t21-/m0/s1. The molecule has 30 heavy (non-hydrogen) atoms. The van der Waals surface area contributed by atoms with Crippen LogP contribution in [0, 0.1) is 0 Å². The van der Waals surface area contributed by atoms with Crippen LogP contribution in [0.5, 0.6) is 11.5 Å². The number of hydrogen-bond acceptors (Lipinski definition) is 5. The van der Waals surface area contributed by atoms with E-state index in [4.69, 9.17) is 13.9 Å². The van der Waals surface area contributed by atoms with E-state index >= 15 is 0 Å². The lowest BCUT2D eigenvalue weighted by molar-refractivity contribution is 0.0737. The van der Waals surface area contributed by atoms with Crippen molar-refractivity contribution in [1.29, 1.82) is 0 Å². The lowest BCUT2D eigenvalue weighted by atomic mass is 9.98. The molecule has 156 valence electrons. The highest BCUT2D eigenvalue weighted by atomic mass is 16.5. The third kappa shape index (κ3) is 3.22. The van der Waals surface area contributed by atoms with E-state index in [1.165, 1.54) is 0 Å². The second-order valence-electron chi connectivity index (χ2n) is 7.28. The number of rotatable bonds is 7. The van der Waals surface area contributed by atoms with Crippen molar-refractivity contribution in [3.63, 3.8) is 0 Å². The zero-order valence-corrected chi connectivity index (χ0v) is 17.4. The summed E-state index contributed by atoms with van der Waals surface area (Å²) in [6, 6.07) is 12.0. The SMILES string of the molecule is CCCCOc1ccc([C@H]2c3c(oc4ccccc4c3=O)C(=O)N2CC)cc1OC. The van der Waals surface area contributed by atoms with Crippen molar-refractivity contribution in [3.8, 4) is 11.5 Å². The Morgan fingerprint density at radius 2 is 1.87 bits per heavy atom. The van der Waals surface area contributed by atoms with Gasteiger partial charge in [-0.1, -0.05) is 31.5 Å². The van der Waals surface area contributed by atoms with E-state index < -0.39 is 6.04 Å². The van der Waals surface area contributed by atoms with Gasteiger partial charge in [-0.05, 0) is 43.2 Å². The van der Waals surface area contributed by atoms with Gasteiger partial charge in [0.15, 0.2) is 16.9 Å². The molecule has 1 atom stereocenters. The number of para-hydroxylation sites is 1. The Labute approximate surface area is 175 Å². The summed E-state index contributed by atoms with van der Waals surface area (Å²) in [6.07, 6.45) is 1.99. The van der Waals surface area contributed by atoms with Crippen molar-refractivity contribution >= 4 is 16.9 Å². The van der Waals surface area contributed by atoms with E-state index in [0.717, 1.165) is 18.4 Å². The highest BCUT2D eigenvalue weighted by Gasteiger charge is 2.42. The average Bonchev–Trinajstić information content (AvgIpc) is 3.06. The molecule has 1 aliphatic heterocycles. The van der Waals surface area contributed by atoms with Crippen LogP contribution < -0.4 is 14.9 Å². The minimum atomic E-state index is -0.531. The number of ether oxygens (including phenoxy) is 2. The van der Waals surface area contributed by atoms with E-state index in [-0.39, 0.29) is 17.1 Å². The molecule has 0 fully saturated rings. The molecule has 0 bridgehead atoms. The van der Waals surface area contributed by atoms with E-state index in [1.807, 2.05) is 25.1 Å². The van der Waals surface area contributed by atoms with Crippen LogP contribution in [0.4, 0.5) is 0 Å². The van der Waals surface area contributed by atoms with Gasteiger partial charge < -0.3 is 18.8 Å². The molecule has 0 spiro atoms. The maximum absolute atomic E-state index is 13.3. The molecule has 0 aliphatic carbocycles. The van der Waals surface area contributed by atoms with Crippen LogP contribution in [0.25, 0.3) is 11.0 Å². The van der Waals surface area contributed by atoms with Crippen LogP contribution in [-0.4, -0.2) is 31.1 Å². The molecule has 6 heteroatoms. The van der Waals surface area contributed by atoms with Crippen molar-refractivity contribution in [2.75, 3.05) is 20.3 Å². The Bertz CT molecular complexity index is 1150. The molecule has 0 N–H and O–H groups in total. The molecule has 0 radical (unpaired) electrons. The quantitative estimate of drug-likeness (QED) is 0.538. The number of hydrogen-bond donors (Lipinski definition) is 0. The van der Waals surface area contributed by atoms with Crippen LogP contribution in [0.3, 0.4) is 0 Å². The number of nitrogens with zero attached hydrogens (tertiary/aromatic N) is 1. The highest BCUT2D eigenvalue weighted by molar-refractivity contribution is 5.99. The largest absolute Gasteiger partial charge is 0.493 e. The number of benzene rings is 2. The normalized spacial score (nSPS) is 15.5. The first-order chi connectivity index (χ1) is 14.6. The van der Waals surface area contributed by atoms with Crippen molar-refractivity contribution in [1.82, 2.24) is 4.90 Å². The summed E-state index contributed by atoms with van der Waals surface area (Å²) in [5, 5.41) is 0.471. The molecule has 3 aromatic rings. The van der Waals surface area contributed by atoms with E-state index in [2.05, 4.69) is 6.92 Å². The second kappa shape index (κ2) is 8.22. The Balaban J connectivity index is 1.84. The lowest BCUT2D eigenvalue weighted by Gasteiger charge is -2.24. The minimum absolute atomic E-state index is 0.118. The topological polar surface area (TPSA) is 69.0 Å². The molecule has 0 saturated carbocycles. The zero-order valence-electron chi connectivity index (χ0n) is 17.4. The number of amides is 1. The summed E-state index contributed by atoms with van der Waals surface area (Å²) in [4.78, 5) is 28.0. The molecule has 6 nitrogen and oxygen atoms in total. The van der Waals surface area contributed by atoms with E-state index in [9.17, 15) is 9.59 Å². The van der Waals surface area contributed by atoms with Crippen molar-refractivity contribution in [3.05, 3.63) is 69.6 Å². The molecule has 2 aromatic carbocycles. The van der Waals surface area contributed by atoms with Crippen molar-refractivity contribution in [2.24, 2.45) is 0 Å².